The van der Waals surface area contributed by atoms with Crippen LogP contribution in [0.25, 0.3) is 0 Å². The van der Waals surface area contributed by atoms with Gasteiger partial charge in [-0.25, -0.2) is 9.37 Å². The summed E-state index contributed by atoms with van der Waals surface area (Å²) in [5, 5.41) is 6.21. The highest BCUT2D eigenvalue weighted by atomic mass is 19.1. The minimum absolute atomic E-state index is 0.341. The van der Waals surface area contributed by atoms with E-state index >= 15 is 0 Å². The summed E-state index contributed by atoms with van der Waals surface area (Å²) in [7, 11) is 1.65. The number of nitrogens with zero attached hydrogens (tertiary/aromatic N) is 2. The van der Waals surface area contributed by atoms with E-state index in [1.54, 1.807) is 25.3 Å². The Morgan fingerprint density at radius 2 is 1.81 bits per heavy atom. The number of para-hydroxylation sites is 1. The van der Waals surface area contributed by atoms with E-state index in [1.807, 2.05) is 37.3 Å². The molecule has 2 aromatic carbocycles. The topological polar surface area (TPSA) is 59.1 Å². The fourth-order valence-electron chi connectivity index (χ4n) is 2.53. The molecule has 0 saturated carbocycles. The van der Waals surface area contributed by atoms with Crippen molar-refractivity contribution >= 4 is 17.5 Å². The van der Waals surface area contributed by atoms with Crippen molar-refractivity contribution < 1.29 is 9.13 Å². The molecule has 3 rings (SSSR count). The second-order valence-electron chi connectivity index (χ2n) is 5.85. The number of aryl methyl sites for hydroxylation is 1. The molecule has 0 radical (unpaired) electrons. The van der Waals surface area contributed by atoms with Crippen LogP contribution in [0.4, 0.5) is 21.8 Å². The number of methoxy groups -OCH3 is 1. The Morgan fingerprint density at radius 3 is 2.54 bits per heavy atom. The van der Waals surface area contributed by atoms with Crippen molar-refractivity contribution in [3.8, 4) is 5.75 Å². The third-order valence-electron chi connectivity index (χ3n) is 3.85. The van der Waals surface area contributed by atoms with E-state index < -0.39 is 0 Å². The number of ether oxygens (including phenoxy) is 1. The standard InChI is InChI=1S/C20H21FN4O/c1-14-13-19(22-12-11-15-7-9-16(26-2)10-8-15)25-20(23-14)24-18-6-4-3-5-17(18)21/h3-10,13H,11-12H2,1-2H3,(H2,22,23,24,25). The molecule has 0 saturated heterocycles. The minimum Gasteiger partial charge on any atom is -0.497 e. The number of anilines is 3. The Hall–Kier alpha value is -3.15. The van der Waals surface area contributed by atoms with Crippen LogP contribution in [0.3, 0.4) is 0 Å². The molecule has 0 unspecified atom stereocenters. The molecular formula is C20H21FN4O. The molecule has 26 heavy (non-hydrogen) atoms. The third-order valence-corrected chi connectivity index (χ3v) is 3.85. The Kier molecular flexibility index (Phi) is 5.63. The molecule has 134 valence electrons. The molecule has 0 aliphatic carbocycles. The summed E-state index contributed by atoms with van der Waals surface area (Å²) in [5.41, 5.74) is 2.35. The molecular weight excluding hydrogens is 331 g/mol. The number of hydrogen-bond acceptors (Lipinski definition) is 5. The van der Waals surface area contributed by atoms with Gasteiger partial charge >= 0.3 is 0 Å². The lowest BCUT2D eigenvalue weighted by atomic mass is 10.1. The molecule has 0 fully saturated rings. The van der Waals surface area contributed by atoms with Crippen molar-refractivity contribution in [3.63, 3.8) is 0 Å². The van der Waals surface area contributed by atoms with Gasteiger partial charge in [-0.2, -0.15) is 4.98 Å². The first-order valence-corrected chi connectivity index (χ1v) is 8.38. The molecule has 2 N–H and O–H groups in total. The number of halogens is 1. The first-order valence-electron chi connectivity index (χ1n) is 8.38. The van der Waals surface area contributed by atoms with E-state index in [4.69, 9.17) is 4.74 Å². The lowest BCUT2D eigenvalue weighted by Gasteiger charge is -2.10. The smallest absolute Gasteiger partial charge is 0.229 e. The first kappa shape index (κ1) is 17.7. The van der Waals surface area contributed by atoms with Gasteiger partial charge in [0.15, 0.2) is 0 Å². The van der Waals surface area contributed by atoms with Gasteiger partial charge in [-0.05, 0) is 43.2 Å². The lowest BCUT2D eigenvalue weighted by molar-refractivity contribution is 0.414. The van der Waals surface area contributed by atoms with Crippen LogP contribution in [0, 0.1) is 12.7 Å². The second kappa shape index (κ2) is 8.29. The lowest BCUT2D eigenvalue weighted by Crippen LogP contribution is -2.09. The number of benzene rings is 2. The molecule has 5 nitrogen and oxygen atoms in total. The Balaban J connectivity index is 1.62. The van der Waals surface area contributed by atoms with E-state index in [2.05, 4.69) is 20.6 Å². The van der Waals surface area contributed by atoms with Crippen LogP contribution in [0.15, 0.2) is 54.6 Å². The van der Waals surface area contributed by atoms with E-state index in [0.29, 0.717) is 17.5 Å². The van der Waals surface area contributed by atoms with Gasteiger partial charge in [-0.1, -0.05) is 24.3 Å². The molecule has 0 amide bonds. The van der Waals surface area contributed by atoms with Crippen LogP contribution in [-0.4, -0.2) is 23.6 Å². The van der Waals surface area contributed by atoms with Crippen molar-refractivity contribution in [2.45, 2.75) is 13.3 Å². The minimum atomic E-state index is -0.341. The van der Waals surface area contributed by atoms with Crippen LogP contribution in [0.1, 0.15) is 11.3 Å². The van der Waals surface area contributed by atoms with Gasteiger partial charge in [0.25, 0.3) is 0 Å². The van der Waals surface area contributed by atoms with Crippen molar-refractivity contribution in [2.24, 2.45) is 0 Å². The van der Waals surface area contributed by atoms with E-state index in [9.17, 15) is 4.39 Å². The number of aromatic nitrogens is 2. The third kappa shape index (κ3) is 4.69. The zero-order valence-corrected chi connectivity index (χ0v) is 14.8. The molecule has 0 atom stereocenters. The summed E-state index contributed by atoms with van der Waals surface area (Å²) in [6.07, 6.45) is 0.850. The van der Waals surface area contributed by atoms with Crippen LogP contribution >= 0.6 is 0 Å². The molecule has 1 aromatic heterocycles. The van der Waals surface area contributed by atoms with Gasteiger partial charge in [0.05, 0.1) is 12.8 Å². The highest BCUT2D eigenvalue weighted by Gasteiger charge is 2.06. The van der Waals surface area contributed by atoms with Crippen LogP contribution in [-0.2, 0) is 6.42 Å². The Morgan fingerprint density at radius 1 is 1.04 bits per heavy atom. The first-order chi connectivity index (χ1) is 12.6. The van der Waals surface area contributed by atoms with Gasteiger partial charge in [0.2, 0.25) is 5.95 Å². The van der Waals surface area contributed by atoms with Crippen molar-refractivity contribution in [1.82, 2.24) is 9.97 Å². The SMILES string of the molecule is COc1ccc(CCNc2cc(C)nc(Nc3ccccc3F)n2)cc1. The van der Waals surface area contributed by atoms with E-state index in [-0.39, 0.29) is 5.82 Å². The Labute approximate surface area is 152 Å². The summed E-state index contributed by atoms with van der Waals surface area (Å²) in [6, 6.07) is 16.3. The average molecular weight is 352 g/mol. The van der Waals surface area contributed by atoms with Crippen LogP contribution in [0.2, 0.25) is 0 Å². The van der Waals surface area contributed by atoms with Crippen molar-refractivity contribution in [2.75, 3.05) is 24.3 Å². The van der Waals surface area contributed by atoms with E-state index in [0.717, 1.165) is 24.4 Å². The van der Waals surface area contributed by atoms with Gasteiger partial charge in [0, 0.05) is 18.3 Å². The summed E-state index contributed by atoms with van der Waals surface area (Å²) >= 11 is 0. The van der Waals surface area contributed by atoms with Crippen molar-refractivity contribution in [3.05, 3.63) is 71.7 Å². The maximum absolute atomic E-state index is 13.8. The zero-order valence-electron chi connectivity index (χ0n) is 14.8. The number of nitrogens with one attached hydrogen (secondary N) is 2. The van der Waals surface area contributed by atoms with Gasteiger partial charge in [0.1, 0.15) is 17.4 Å². The summed E-state index contributed by atoms with van der Waals surface area (Å²) < 4.78 is 18.9. The summed E-state index contributed by atoms with van der Waals surface area (Å²) in [5.74, 6) is 1.57. The monoisotopic (exact) mass is 352 g/mol. The molecule has 0 aliphatic heterocycles. The molecule has 3 aromatic rings. The maximum Gasteiger partial charge on any atom is 0.229 e. The second-order valence-corrected chi connectivity index (χ2v) is 5.85. The molecule has 1 heterocycles. The highest BCUT2D eigenvalue weighted by Crippen LogP contribution is 2.19. The summed E-state index contributed by atoms with van der Waals surface area (Å²) in [4.78, 5) is 8.72. The molecule has 6 heteroatoms. The number of rotatable bonds is 7. The predicted molar refractivity (Wildman–Crippen MR) is 102 cm³/mol. The molecule has 0 spiro atoms. The van der Waals surface area contributed by atoms with Crippen LogP contribution in [0.5, 0.6) is 5.75 Å². The quantitative estimate of drug-likeness (QED) is 0.663. The van der Waals surface area contributed by atoms with Gasteiger partial charge in [-0.15, -0.1) is 0 Å². The fourth-order valence-corrected chi connectivity index (χ4v) is 2.53. The fraction of sp³-hybridized carbons (Fsp3) is 0.200. The van der Waals surface area contributed by atoms with Gasteiger partial charge in [-0.3, -0.25) is 0 Å². The average Bonchev–Trinajstić information content (AvgIpc) is 2.64. The van der Waals surface area contributed by atoms with Gasteiger partial charge < -0.3 is 15.4 Å². The van der Waals surface area contributed by atoms with E-state index in [1.165, 1.54) is 11.6 Å². The molecule has 0 bridgehead atoms. The zero-order chi connectivity index (χ0) is 18.4. The number of hydrogen-bond donors (Lipinski definition) is 2. The summed E-state index contributed by atoms with van der Waals surface area (Å²) in [6.45, 7) is 2.60. The maximum atomic E-state index is 13.8. The van der Waals surface area contributed by atoms with Crippen LogP contribution < -0.4 is 15.4 Å². The van der Waals surface area contributed by atoms with Crippen molar-refractivity contribution in [1.29, 1.82) is 0 Å². The highest BCUT2D eigenvalue weighted by molar-refractivity contribution is 5.55. The Bertz CT molecular complexity index is 868. The largest absolute Gasteiger partial charge is 0.497 e. The normalized spacial score (nSPS) is 10.4. The molecule has 0 aliphatic rings. The predicted octanol–water partition coefficient (Wildman–Crippen LogP) is 4.33.